The van der Waals surface area contributed by atoms with Gasteiger partial charge in [0.2, 0.25) is 0 Å². The molecule has 0 aliphatic carbocycles. The van der Waals surface area contributed by atoms with Crippen LogP contribution in [0.5, 0.6) is 0 Å². The summed E-state index contributed by atoms with van der Waals surface area (Å²) < 4.78 is 2.20. The summed E-state index contributed by atoms with van der Waals surface area (Å²) in [6.45, 7) is 11.1. The predicted octanol–water partition coefficient (Wildman–Crippen LogP) is 3.69. The minimum atomic E-state index is 0.638. The first-order valence-electron chi connectivity index (χ1n) is 12.1. The molecule has 3 aromatic rings. The fourth-order valence-corrected chi connectivity index (χ4v) is 5.49. The Hall–Kier alpha value is -2.74. The molecule has 0 saturated carbocycles. The Kier molecular flexibility index (Phi) is 6.68. The molecule has 3 N–H and O–H groups in total. The average Bonchev–Trinajstić information content (AvgIpc) is 3.26. The number of imidazole rings is 1. The Labute approximate surface area is 206 Å². The van der Waals surface area contributed by atoms with Gasteiger partial charge in [-0.25, -0.2) is 4.98 Å². The Balaban J connectivity index is 1.42. The van der Waals surface area contributed by atoms with Gasteiger partial charge in [-0.15, -0.1) is 0 Å². The number of pyridine rings is 1. The zero-order chi connectivity index (χ0) is 23.7. The maximum absolute atomic E-state index is 6.38. The van der Waals surface area contributed by atoms with Crippen LogP contribution in [0.15, 0.2) is 49.4 Å². The van der Waals surface area contributed by atoms with E-state index in [1.54, 1.807) is 6.20 Å². The molecule has 2 aliphatic rings. The third kappa shape index (κ3) is 4.60. The normalized spacial score (nSPS) is 18.5. The van der Waals surface area contributed by atoms with Crippen molar-refractivity contribution in [2.75, 3.05) is 56.9 Å². The van der Waals surface area contributed by atoms with Gasteiger partial charge in [0.1, 0.15) is 11.5 Å². The molecule has 4 heterocycles. The maximum Gasteiger partial charge on any atom is 0.138 e. The zero-order valence-corrected chi connectivity index (χ0v) is 20.6. The topological polar surface area (TPSA) is 65.1 Å². The van der Waals surface area contributed by atoms with Gasteiger partial charge in [-0.05, 0) is 62.9 Å². The van der Waals surface area contributed by atoms with Crippen molar-refractivity contribution in [2.45, 2.75) is 25.4 Å². The molecule has 0 atom stereocenters. The van der Waals surface area contributed by atoms with Crippen molar-refractivity contribution >= 4 is 28.8 Å². The zero-order valence-electron chi connectivity index (χ0n) is 19.9. The van der Waals surface area contributed by atoms with Gasteiger partial charge >= 0.3 is 0 Å². The van der Waals surface area contributed by atoms with Crippen LogP contribution in [0.25, 0.3) is 16.8 Å². The lowest BCUT2D eigenvalue weighted by molar-refractivity contribution is 0.115. The molecule has 0 amide bonds. The molecule has 0 spiro atoms. The quantitative estimate of drug-likeness (QED) is 0.526. The highest BCUT2D eigenvalue weighted by molar-refractivity contribution is 6.31. The van der Waals surface area contributed by atoms with Crippen molar-refractivity contribution in [1.82, 2.24) is 24.5 Å². The second kappa shape index (κ2) is 9.86. The van der Waals surface area contributed by atoms with Crippen LogP contribution < -0.4 is 16.0 Å². The van der Waals surface area contributed by atoms with Crippen LogP contribution in [0.3, 0.4) is 0 Å². The van der Waals surface area contributed by atoms with E-state index in [-0.39, 0.29) is 0 Å². The third-order valence-corrected chi connectivity index (χ3v) is 7.53. The molecule has 0 radical (unpaired) electrons. The maximum atomic E-state index is 6.38. The summed E-state index contributed by atoms with van der Waals surface area (Å²) >= 11 is 6.17. The molecule has 1 aromatic carbocycles. The highest BCUT2D eigenvalue weighted by Crippen LogP contribution is 2.33. The number of hydrogen-bond donors (Lipinski definition) is 2. The van der Waals surface area contributed by atoms with E-state index < -0.39 is 0 Å². The summed E-state index contributed by atoms with van der Waals surface area (Å²) in [6, 6.07) is 8.55. The monoisotopic (exact) mass is 479 g/mol. The Bertz CT molecular complexity index is 1160. The molecule has 5 rings (SSSR count). The predicted molar refractivity (Wildman–Crippen MR) is 141 cm³/mol. The first kappa shape index (κ1) is 23.0. The fraction of sp³-hybridized carbons (Fsp3) is 0.423. The number of nitrogen functional groups attached to an aromatic ring is 1. The number of benzene rings is 1. The molecule has 0 bridgehead atoms. The number of nitrogens with zero attached hydrogens (tertiary/aromatic N) is 5. The summed E-state index contributed by atoms with van der Waals surface area (Å²) in [5.74, 6) is 1.13. The number of rotatable bonds is 6. The number of nitrogens with two attached hydrogens (primary N) is 1. The first-order valence-corrected chi connectivity index (χ1v) is 12.5. The number of anilines is 2. The van der Waals surface area contributed by atoms with Gasteiger partial charge in [-0.1, -0.05) is 24.2 Å². The minimum absolute atomic E-state index is 0.638. The van der Waals surface area contributed by atoms with Crippen LogP contribution in [-0.2, 0) is 6.54 Å². The molecule has 2 saturated heterocycles. The largest absolute Gasteiger partial charge is 0.398 e. The third-order valence-electron chi connectivity index (χ3n) is 7.30. The Morgan fingerprint density at radius 2 is 1.88 bits per heavy atom. The Morgan fingerprint density at radius 3 is 2.59 bits per heavy atom. The molecule has 2 aromatic heterocycles. The van der Waals surface area contributed by atoms with Crippen LogP contribution >= 0.6 is 11.6 Å². The number of piperidine rings is 1. The lowest BCUT2D eigenvalue weighted by Crippen LogP contribution is -2.53. The lowest BCUT2D eigenvalue weighted by atomic mass is 10.00. The highest BCUT2D eigenvalue weighted by atomic mass is 35.5. The first-order chi connectivity index (χ1) is 16.5. The van der Waals surface area contributed by atoms with Gasteiger partial charge < -0.3 is 20.9 Å². The fourth-order valence-electron chi connectivity index (χ4n) is 5.31. The molecule has 34 heavy (non-hydrogen) atoms. The van der Waals surface area contributed by atoms with Crippen molar-refractivity contribution < 1.29 is 0 Å². The van der Waals surface area contributed by atoms with E-state index in [9.17, 15) is 0 Å². The van der Waals surface area contributed by atoms with Gasteiger partial charge in [0.15, 0.2) is 0 Å². The van der Waals surface area contributed by atoms with Gasteiger partial charge in [0.05, 0.1) is 6.20 Å². The summed E-state index contributed by atoms with van der Waals surface area (Å²) in [5, 5.41) is 3.86. The second-order valence-electron chi connectivity index (χ2n) is 9.43. The molecular weight excluding hydrogens is 446 g/mol. The van der Waals surface area contributed by atoms with E-state index in [1.807, 2.05) is 24.4 Å². The molecular formula is C26H34ClN7. The van der Waals surface area contributed by atoms with Crippen LogP contribution in [0.4, 0.5) is 11.5 Å². The number of nitrogens with one attached hydrogen (secondary N) is 1. The number of halogens is 1. The Morgan fingerprint density at radius 1 is 1.12 bits per heavy atom. The van der Waals surface area contributed by atoms with Crippen LogP contribution in [0.1, 0.15) is 18.4 Å². The summed E-state index contributed by atoms with van der Waals surface area (Å²) in [7, 11) is 2.23. The van der Waals surface area contributed by atoms with E-state index in [2.05, 4.69) is 50.3 Å². The van der Waals surface area contributed by atoms with E-state index in [4.69, 9.17) is 22.3 Å². The summed E-state index contributed by atoms with van der Waals surface area (Å²) in [6.07, 6.45) is 8.43. The standard InChI is InChI=1S/C26H34ClN7/c1-3-29-16-19-14-25-30-17-26(34(25)18-23(19)22-5-4-20(27)15-24(22)28)33-12-10-32(11-13-33)21-6-8-31(2)9-7-21/h3-5,14-15,17-18,21,29H,1,6-13,16,28H2,2H3. The van der Waals surface area contributed by atoms with Crippen LogP contribution in [0, 0.1) is 0 Å². The van der Waals surface area contributed by atoms with Crippen molar-refractivity contribution in [3.63, 3.8) is 0 Å². The second-order valence-corrected chi connectivity index (χ2v) is 9.87. The lowest BCUT2D eigenvalue weighted by Gasteiger charge is -2.42. The smallest absolute Gasteiger partial charge is 0.138 e. The van der Waals surface area contributed by atoms with Crippen molar-refractivity contribution in [1.29, 1.82) is 0 Å². The molecule has 8 heteroatoms. The molecule has 7 nitrogen and oxygen atoms in total. The number of piperazine rings is 1. The SMILES string of the molecule is C=CNCc1cc2ncc(N3CCN(C4CCN(C)CC4)CC3)n2cc1-c1ccc(Cl)cc1N. The van der Waals surface area contributed by atoms with E-state index in [0.717, 1.165) is 60.4 Å². The van der Waals surface area contributed by atoms with Gasteiger partial charge in [0, 0.05) is 66.8 Å². The summed E-state index contributed by atoms with van der Waals surface area (Å²) in [4.78, 5) is 12.3. The number of likely N-dealkylation sites (tertiary alicyclic amines) is 1. The van der Waals surface area contributed by atoms with E-state index in [0.29, 0.717) is 17.3 Å². The van der Waals surface area contributed by atoms with Gasteiger partial charge in [0.25, 0.3) is 0 Å². The van der Waals surface area contributed by atoms with Crippen molar-refractivity contribution in [3.8, 4) is 11.1 Å². The molecule has 2 fully saturated rings. The number of hydrogen-bond acceptors (Lipinski definition) is 6. The number of fused-ring (bicyclic) bond motifs is 1. The van der Waals surface area contributed by atoms with Gasteiger partial charge in [-0.2, -0.15) is 0 Å². The van der Waals surface area contributed by atoms with Gasteiger partial charge in [-0.3, -0.25) is 9.30 Å². The van der Waals surface area contributed by atoms with E-state index >= 15 is 0 Å². The van der Waals surface area contributed by atoms with Crippen LogP contribution in [-0.4, -0.2) is 71.5 Å². The van der Waals surface area contributed by atoms with Crippen molar-refractivity contribution in [2.24, 2.45) is 0 Å². The number of aromatic nitrogens is 2. The molecule has 0 unspecified atom stereocenters. The average molecular weight is 480 g/mol. The highest BCUT2D eigenvalue weighted by Gasteiger charge is 2.27. The van der Waals surface area contributed by atoms with Crippen molar-refractivity contribution in [3.05, 3.63) is 60.0 Å². The summed E-state index contributed by atoms with van der Waals surface area (Å²) in [5.41, 5.74) is 11.1. The molecule has 2 aliphatic heterocycles. The minimum Gasteiger partial charge on any atom is -0.398 e. The van der Waals surface area contributed by atoms with E-state index in [1.165, 1.54) is 25.9 Å². The molecule has 180 valence electrons. The van der Waals surface area contributed by atoms with Crippen LogP contribution in [0.2, 0.25) is 5.02 Å².